The highest BCUT2D eigenvalue weighted by molar-refractivity contribution is 6.37. The maximum atomic E-state index is 12.2. The van der Waals surface area contributed by atoms with Crippen LogP contribution >= 0.6 is 23.2 Å². The van der Waals surface area contributed by atoms with E-state index in [1.165, 1.54) is 12.1 Å². The van der Waals surface area contributed by atoms with Crippen LogP contribution in [0.2, 0.25) is 10.0 Å². The molecule has 0 aliphatic heterocycles. The SMILES string of the molecule is COc1nc2ccc(Oc3c(Cl)cc(-n4nc(C#N)c(=O)[nH]c4=O)cc3Cl)cc2n1C1(C)CC1. The number of imidazole rings is 1. The van der Waals surface area contributed by atoms with E-state index >= 15 is 0 Å². The van der Waals surface area contributed by atoms with E-state index in [2.05, 4.69) is 21.6 Å². The number of ether oxygens (including phenoxy) is 2. The van der Waals surface area contributed by atoms with Crippen LogP contribution < -0.4 is 20.7 Å². The van der Waals surface area contributed by atoms with Crippen molar-refractivity contribution in [3.05, 3.63) is 66.9 Å². The third-order valence-electron chi connectivity index (χ3n) is 5.67. The molecule has 0 unspecified atom stereocenters. The van der Waals surface area contributed by atoms with Gasteiger partial charge in [0, 0.05) is 11.6 Å². The molecule has 0 atom stereocenters. The molecule has 1 aliphatic rings. The Morgan fingerprint density at radius 2 is 1.88 bits per heavy atom. The maximum Gasteiger partial charge on any atom is 0.349 e. The van der Waals surface area contributed by atoms with Crippen LogP contribution in [0.4, 0.5) is 0 Å². The van der Waals surface area contributed by atoms with E-state index in [1.54, 1.807) is 19.2 Å². The molecule has 2 heterocycles. The minimum atomic E-state index is -0.882. The summed E-state index contributed by atoms with van der Waals surface area (Å²) < 4.78 is 14.4. The average Bonchev–Trinajstić information content (AvgIpc) is 3.42. The number of aromatic amines is 1. The zero-order valence-electron chi connectivity index (χ0n) is 17.9. The lowest BCUT2D eigenvalue weighted by atomic mass is 10.2. The summed E-state index contributed by atoms with van der Waals surface area (Å²) in [6.07, 6.45) is 2.04. The standard InChI is InChI=1S/C22H16Cl2N6O4/c1-22(5-6-22)29-17-9-12(3-4-15(17)26-21(29)33-2)34-18-13(23)7-11(8-14(18)24)30-20(32)27-19(31)16(10-25)28-30/h3-4,7-9H,5-6H2,1-2H3,(H,27,31,32). The molecule has 172 valence electrons. The van der Waals surface area contributed by atoms with Crippen molar-refractivity contribution in [3.63, 3.8) is 0 Å². The summed E-state index contributed by atoms with van der Waals surface area (Å²) in [7, 11) is 1.59. The van der Waals surface area contributed by atoms with E-state index in [0.717, 1.165) is 28.6 Å². The second-order valence-corrected chi connectivity index (χ2v) is 8.87. The van der Waals surface area contributed by atoms with Crippen LogP contribution in [0.15, 0.2) is 39.9 Å². The zero-order valence-corrected chi connectivity index (χ0v) is 19.4. The number of nitriles is 1. The van der Waals surface area contributed by atoms with Crippen molar-refractivity contribution in [2.24, 2.45) is 0 Å². The molecule has 0 spiro atoms. The van der Waals surface area contributed by atoms with Gasteiger partial charge in [-0.25, -0.2) is 4.79 Å². The first-order valence-electron chi connectivity index (χ1n) is 10.1. The minimum Gasteiger partial charge on any atom is -0.468 e. The highest BCUT2D eigenvalue weighted by atomic mass is 35.5. The van der Waals surface area contributed by atoms with E-state index in [9.17, 15) is 9.59 Å². The lowest BCUT2D eigenvalue weighted by Crippen LogP contribution is -2.33. The molecular weight excluding hydrogens is 483 g/mol. The molecule has 0 amide bonds. The largest absolute Gasteiger partial charge is 0.468 e. The predicted octanol–water partition coefficient (Wildman–Crippen LogP) is 3.76. The molecule has 1 N–H and O–H groups in total. The Balaban J connectivity index is 1.55. The van der Waals surface area contributed by atoms with Crippen LogP contribution in [0.5, 0.6) is 17.5 Å². The highest BCUT2D eigenvalue weighted by Crippen LogP contribution is 2.48. The summed E-state index contributed by atoms with van der Waals surface area (Å²) in [6, 6.07) is 10.3. The zero-order chi connectivity index (χ0) is 24.2. The van der Waals surface area contributed by atoms with Crippen LogP contribution in [0, 0.1) is 11.3 Å². The summed E-state index contributed by atoms with van der Waals surface area (Å²) in [5.74, 6) is 0.642. The van der Waals surface area contributed by atoms with E-state index in [1.807, 2.05) is 17.1 Å². The van der Waals surface area contributed by atoms with Gasteiger partial charge < -0.3 is 9.47 Å². The Morgan fingerprint density at radius 1 is 1.18 bits per heavy atom. The number of halogens is 2. The van der Waals surface area contributed by atoms with Crippen LogP contribution in [-0.4, -0.2) is 31.4 Å². The number of H-pyrrole nitrogens is 1. The predicted molar refractivity (Wildman–Crippen MR) is 124 cm³/mol. The Hall–Kier alpha value is -3.81. The van der Waals surface area contributed by atoms with Crippen LogP contribution in [-0.2, 0) is 5.54 Å². The smallest absolute Gasteiger partial charge is 0.349 e. The van der Waals surface area contributed by atoms with Crippen molar-refractivity contribution in [2.45, 2.75) is 25.3 Å². The van der Waals surface area contributed by atoms with Gasteiger partial charge in [-0.1, -0.05) is 23.2 Å². The van der Waals surface area contributed by atoms with Gasteiger partial charge in [0.15, 0.2) is 5.75 Å². The number of nitrogens with one attached hydrogen (secondary N) is 1. The molecule has 1 aliphatic carbocycles. The number of hydrogen-bond donors (Lipinski definition) is 1. The summed E-state index contributed by atoms with van der Waals surface area (Å²) >= 11 is 12.8. The summed E-state index contributed by atoms with van der Waals surface area (Å²) in [4.78, 5) is 30.4. The Kier molecular flexibility index (Phi) is 5.11. The van der Waals surface area contributed by atoms with Gasteiger partial charge in [0.25, 0.3) is 11.6 Å². The fourth-order valence-electron chi connectivity index (χ4n) is 3.69. The van der Waals surface area contributed by atoms with Gasteiger partial charge in [-0.3, -0.25) is 14.3 Å². The van der Waals surface area contributed by atoms with Crippen molar-refractivity contribution >= 4 is 34.2 Å². The lowest BCUT2D eigenvalue weighted by Gasteiger charge is -2.15. The number of benzene rings is 2. The van der Waals surface area contributed by atoms with E-state index < -0.39 is 16.9 Å². The first kappa shape index (κ1) is 22.0. The molecule has 2 aromatic heterocycles. The summed E-state index contributed by atoms with van der Waals surface area (Å²) in [6.45, 7) is 2.14. The Labute approximate surface area is 201 Å². The van der Waals surface area contributed by atoms with Crippen molar-refractivity contribution in [1.82, 2.24) is 24.3 Å². The van der Waals surface area contributed by atoms with Gasteiger partial charge in [-0.05, 0) is 44.0 Å². The third-order valence-corrected chi connectivity index (χ3v) is 6.23. The fourth-order valence-corrected chi connectivity index (χ4v) is 4.24. The molecule has 2 aromatic carbocycles. The molecule has 0 saturated heterocycles. The number of aromatic nitrogens is 5. The third kappa shape index (κ3) is 3.59. The average molecular weight is 499 g/mol. The molecule has 12 heteroatoms. The van der Waals surface area contributed by atoms with Gasteiger partial charge >= 0.3 is 5.69 Å². The monoisotopic (exact) mass is 498 g/mol. The van der Waals surface area contributed by atoms with Gasteiger partial charge in [0.05, 0.1) is 33.9 Å². The molecule has 0 bridgehead atoms. The van der Waals surface area contributed by atoms with Gasteiger partial charge in [-0.2, -0.15) is 14.9 Å². The quantitative estimate of drug-likeness (QED) is 0.443. The van der Waals surface area contributed by atoms with E-state index in [4.69, 9.17) is 37.9 Å². The first-order valence-corrected chi connectivity index (χ1v) is 10.9. The summed E-state index contributed by atoms with van der Waals surface area (Å²) in [5, 5.41) is 13.0. The lowest BCUT2D eigenvalue weighted by molar-refractivity contribution is 0.339. The second-order valence-electron chi connectivity index (χ2n) is 8.05. The molecule has 10 nitrogen and oxygen atoms in total. The second kappa shape index (κ2) is 7.90. The molecule has 0 radical (unpaired) electrons. The molecular formula is C22H16Cl2N6O4. The van der Waals surface area contributed by atoms with E-state index in [-0.39, 0.29) is 27.0 Å². The summed E-state index contributed by atoms with van der Waals surface area (Å²) in [5.41, 5.74) is -0.488. The first-order chi connectivity index (χ1) is 16.2. The molecule has 4 aromatic rings. The molecule has 1 fully saturated rings. The Bertz CT molecular complexity index is 1600. The highest BCUT2D eigenvalue weighted by Gasteiger charge is 2.42. The van der Waals surface area contributed by atoms with Crippen molar-refractivity contribution < 1.29 is 9.47 Å². The number of nitrogens with zero attached hydrogens (tertiary/aromatic N) is 5. The van der Waals surface area contributed by atoms with Crippen molar-refractivity contribution in [1.29, 1.82) is 5.26 Å². The van der Waals surface area contributed by atoms with Crippen LogP contribution in [0.3, 0.4) is 0 Å². The minimum absolute atomic E-state index is 0.0607. The normalized spacial score (nSPS) is 14.1. The van der Waals surface area contributed by atoms with Gasteiger partial charge in [-0.15, -0.1) is 5.10 Å². The van der Waals surface area contributed by atoms with Gasteiger partial charge in [0.1, 0.15) is 11.8 Å². The topological polar surface area (TPSA) is 128 Å². The Morgan fingerprint density at radius 3 is 2.50 bits per heavy atom. The molecule has 5 rings (SSSR count). The fraction of sp³-hybridized carbons (Fsp3) is 0.227. The van der Waals surface area contributed by atoms with Crippen LogP contribution in [0.1, 0.15) is 25.5 Å². The van der Waals surface area contributed by atoms with Crippen LogP contribution in [0.25, 0.3) is 16.7 Å². The van der Waals surface area contributed by atoms with Crippen molar-refractivity contribution in [2.75, 3.05) is 7.11 Å². The number of methoxy groups -OCH3 is 1. The molecule has 34 heavy (non-hydrogen) atoms. The van der Waals surface area contributed by atoms with Gasteiger partial charge in [0.2, 0.25) is 5.69 Å². The number of rotatable bonds is 5. The van der Waals surface area contributed by atoms with Crippen molar-refractivity contribution in [3.8, 4) is 29.3 Å². The number of hydrogen-bond acceptors (Lipinski definition) is 7. The number of fused-ring (bicyclic) bond motifs is 1. The molecule has 1 saturated carbocycles. The maximum absolute atomic E-state index is 12.2. The van der Waals surface area contributed by atoms with E-state index in [0.29, 0.717) is 11.8 Å².